The van der Waals surface area contributed by atoms with Crippen LogP contribution in [-0.2, 0) is 14.8 Å². The highest BCUT2D eigenvalue weighted by atomic mass is 32.2. The summed E-state index contributed by atoms with van der Waals surface area (Å²) in [5.74, 6) is -0.245. The van der Waals surface area contributed by atoms with Crippen LogP contribution in [0.3, 0.4) is 0 Å². The standard InChI is InChI=1S/C21H30FN3O5S/c1-2-9-30-18-12-16(11-17(22)13-18)20(15-6-7-15)24-31(28,29)10-5-3-4-8-25-14-19(26)23-21(25)27/h11-13,15,20,24H,2-10,14H2,1H3,(H,23,26,27)/t20-/m1/s1. The lowest BCUT2D eigenvalue weighted by Crippen LogP contribution is -2.32. The number of nitrogens with one attached hydrogen (secondary N) is 2. The number of rotatable bonds is 13. The molecular formula is C21H30FN3O5S. The van der Waals surface area contributed by atoms with Crippen LogP contribution in [0.15, 0.2) is 18.2 Å². The molecule has 1 saturated heterocycles. The number of halogens is 1. The molecule has 0 radical (unpaired) electrons. The molecule has 2 aliphatic rings. The number of unbranched alkanes of at least 4 members (excludes halogenated alkanes) is 2. The third kappa shape index (κ3) is 7.17. The molecule has 10 heteroatoms. The van der Waals surface area contributed by atoms with E-state index < -0.39 is 27.9 Å². The van der Waals surface area contributed by atoms with Gasteiger partial charge >= 0.3 is 6.03 Å². The first kappa shape index (κ1) is 23.5. The molecule has 172 valence electrons. The number of hydrogen-bond donors (Lipinski definition) is 2. The van der Waals surface area contributed by atoms with E-state index in [9.17, 15) is 22.4 Å². The van der Waals surface area contributed by atoms with Crippen LogP contribution < -0.4 is 14.8 Å². The zero-order valence-corrected chi connectivity index (χ0v) is 18.5. The Morgan fingerprint density at radius 2 is 2.00 bits per heavy atom. The minimum Gasteiger partial charge on any atom is -0.493 e. The summed E-state index contributed by atoms with van der Waals surface area (Å²) in [5, 5.41) is 2.21. The Morgan fingerprint density at radius 3 is 2.65 bits per heavy atom. The number of hydrogen-bond acceptors (Lipinski definition) is 5. The van der Waals surface area contributed by atoms with Crippen LogP contribution in [0.5, 0.6) is 5.75 Å². The number of carbonyl (C=O) groups excluding carboxylic acids is 2. The molecule has 0 aromatic heterocycles. The fourth-order valence-electron chi connectivity index (χ4n) is 3.62. The van der Waals surface area contributed by atoms with Gasteiger partial charge < -0.3 is 9.64 Å². The van der Waals surface area contributed by atoms with Crippen LogP contribution in [0.25, 0.3) is 0 Å². The normalized spacial score (nSPS) is 17.7. The van der Waals surface area contributed by atoms with Crippen molar-refractivity contribution in [2.45, 2.75) is 51.5 Å². The van der Waals surface area contributed by atoms with Crippen LogP contribution >= 0.6 is 0 Å². The minimum atomic E-state index is -3.56. The average Bonchev–Trinajstić information content (AvgIpc) is 3.49. The van der Waals surface area contributed by atoms with Gasteiger partial charge in [0.15, 0.2) is 0 Å². The fraction of sp³-hybridized carbons (Fsp3) is 0.619. The van der Waals surface area contributed by atoms with E-state index in [1.807, 2.05) is 6.92 Å². The Hall–Kier alpha value is -2.20. The molecule has 3 amide bonds. The smallest absolute Gasteiger partial charge is 0.324 e. The van der Waals surface area contributed by atoms with E-state index in [0.717, 1.165) is 19.3 Å². The summed E-state index contributed by atoms with van der Waals surface area (Å²) in [6.07, 6.45) is 4.25. The van der Waals surface area contributed by atoms with E-state index >= 15 is 0 Å². The molecule has 0 unspecified atom stereocenters. The fourth-order valence-corrected chi connectivity index (χ4v) is 5.04. The highest BCUT2D eigenvalue weighted by molar-refractivity contribution is 7.89. The predicted molar refractivity (Wildman–Crippen MR) is 114 cm³/mol. The molecule has 1 aliphatic heterocycles. The second-order valence-electron chi connectivity index (χ2n) is 8.16. The Kier molecular flexibility index (Phi) is 7.88. The lowest BCUT2D eigenvalue weighted by Gasteiger charge is -2.20. The van der Waals surface area contributed by atoms with Gasteiger partial charge in [-0.05, 0) is 55.7 Å². The summed E-state index contributed by atoms with van der Waals surface area (Å²) in [4.78, 5) is 24.1. The van der Waals surface area contributed by atoms with Gasteiger partial charge in [-0.1, -0.05) is 13.3 Å². The number of benzene rings is 1. The maximum atomic E-state index is 14.1. The van der Waals surface area contributed by atoms with Gasteiger partial charge in [0.25, 0.3) is 0 Å². The molecular weight excluding hydrogens is 425 g/mol. The Bertz CT molecular complexity index is 904. The van der Waals surface area contributed by atoms with Crippen LogP contribution in [0.1, 0.15) is 57.1 Å². The number of nitrogens with zero attached hydrogens (tertiary/aromatic N) is 1. The summed E-state index contributed by atoms with van der Waals surface area (Å²) in [6, 6.07) is 3.53. The first-order valence-corrected chi connectivity index (χ1v) is 12.4. The van der Waals surface area contributed by atoms with E-state index in [1.165, 1.54) is 17.0 Å². The van der Waals surface area contributed by atoms with Crippen molar-refractivity contribution in [3.05, 3.63) is 29.6 Å². The Labute approximate surface area is 182 Å². The highest BCUT2D eigenvalue weighted by Crippen LogP contribution is 2.42. The molecule has 2 fully saturated rings. The number of ether oxygens (including phenoxy) is 1. The van der Waals surface area contributed by atoms with Crippen molar-refractivity contribution in [2.24, 2.45) is 5.92 Å². The van der Waals surface area contributed by atoms with Gasteiger partial charge in [-0.3, -0.25) is 10.1 Å². The largest absolute Gasteiger partial charge is 0.493 e. The zero-order chi connectivity index (χ0) is 22.4. The molecule has 1 atom stereocenters. The summed E-state index contributed by atoms with van der Waals surface area (Å²) in [7, 11) is -3.56. The molecule has 1 heterocycles. The van der Waals surface area contributed by atoms with Gasteiger partial charge in [-0.2, -0.15) is 0 Å². The molecule has 1 aromatic rings. The molecule has 8 nitrogen and oxygen atoms in total. The van der Waals surface area contributed by atoms with E-state index in [-0.39, 0.29) is 24.1 Å². The number of imide groups is 1. The minimum absolute atomic E-state index is 0.0458. The Morgan fingerprint density at radius 1 is 1.23 bits per heavy atom. The van der Waals surface area contributed by atoms with Gasteiger partial charge in [0.1, 0.15) is 18.1 Å². The molecule has 0 spiro atoms. The predicted octanol–water partition coefficient (Wildman–Crippen LogP) is 2.71. The van der Waals surface area contributed by atoms with Gasteiger partial charge in [-0.15, -0.1) is 0 Å². The van der Waals surface area contributed by atoms with Gasteiger partial charge in [-0.25, -0.2) is 22.3 Å². The average molecular weight is 456 g/mol. The number of carbonyl (C=O) groups is 2. The second kappa shape index (κ2) is 10.4. The van der Waals surface area contributed by atoms with E-state index in [2.05, 4.69) is 10.0 Å². The maximum absolute atomic E-state index is 14.1. The highest BCUT2D eigenvalue weighted by Gasteiger charge is 2.35. The van der Waals surface area contributed by atoms with Crippen molar-refractivity contribution < 1.29 is 27.1 Å². The van der Waals surface area contributed by atoms with Gasteiger partial charge in [0.2, 0.25) is 15.9 Å². The van der Waals surface area contributed by atoms with Crippen LogP contribution in [-0.4, -0.2) is 50.7 Å². The van der Waals surface area contributed by atoms with Crippen molar-refractivity contribution in [3.63, 3.8) is 0 Å². The molecule has 1 aromatic carbocycles. The van der Waals surface area contributed by atoms with Crippen molar-refractivity contribution in [1.29, 1.82) is 0 Å². The maximum Gasteiger partial charge on any atom is 0.324 e. The van der Waals surface area contributed by atoms with E-state index in [1.54, 1.807) is 6.07 Å². The summed E-state index contributed by atoms with van der Waals surface area (Å²) >= 11 is 0. The SMILES string of the molecule is CCCOc1cc(F)cc([C@H](NS(=O)(=O)CCCCCN2CC(=O)NC2=O)C2CC2)c1. The lowest BCUT2D eigenvalue weighted by molar-refractivity contribution is -0.118. The van der Waals surface area contributed by atoms with Crippen molar-refractivity contribution in [2.75, 3.05) is 25.4 Å². The molecule has 31 heavy (non-hydrogen) atoms. The molecule has 1 saturated carbocycles. The number of urea groups is 1. The summed E-state index contributed by atoms with van der Waals surface area (Å²) in [5.41, 5.74) is 0.585. The topological polar surface area (TPSA) is 105 Å². The van der Waals surface area contributed by atoms with Crippen molar-refractivity contribution in [3.8, 4) is 5.75 Å². The van der Waals surface area contributed by atoms with Gasteiger partial charge in [0.05, 0.1) is 12.4 Å². The number of amides is 3. The Balaban J connectivity index is 1.52. The van der Waals surface area contributed by atoms with Crippen LogP contribution in [0, 0.1) is 11.7 Å². The van der Waals surface area contributed by atoms with E-state index in [0.29, 0.717) is 43.7 Å². The lowest BCUT2D eigenvalue weighted by atomic mass is 10.0. The first-order chi connectivity index (χ1) is 14.8. The molecule has 2 N–H and O–H groups in total. The monoisotopic (exact) mass is 455 g/mol. The summed E-state index contributed by atoms with van der Waals surface area (Å²) in [6.45, 7) is 2.90. The molecule has 3 rings (SSSR count). The zero-order valence-electron chi connectivity index (χ0n) is 17.7. The second-order valence-corrected chi connectivity index (χ2v) is 10.0. The first-order valence-electron chi connectivity index (χ1n) is 10.8. The van der Waals surface area contributed by atoms with Crippen LogP contribution in [0.2, 0.25) is 0 Å². The van der Waals surface area contributed by atoms with Gasteiger partial charge in [0, 0.05) is 18.7 Å². The quantitative estimate of drug-likeness (QED) is 0.352. The van der Waals surface area contributed by atoms with E-state index in [4.69, 9.17) is 4.74 Å². The summed E-state index contributed by atoms with van der Waals surface area (Å²) < 4.78 is 47.7. The number of sulfonamides is 1. The molecule has 0 bridgehead atoms. The van der Waals surface area contributed by atoms with Crippen molar-refractivity contribution in [1.82, 2.24) is 14.9 Å². The third-order valence-electron chi connectivity index (χ3n) is 5.33. The van der Waals surface area contributed by atoms with Crippen molar-refractivity contribution >= 4 is 22.0 Å². The van der Waals surface area contributed by atoms with Crippen LogP contribution in [0.4, 0.5) is 9.18 Å². The third-order valence-corrected chi connectivity index (χ3v) is 6.77. The molecule has 1 aliphatic carbocycles.